The average Bonchev–Trinajstić information content (AvgIpc) is 3.48. The van der Waals surface area contributed by atoms with E-state index in [9.17, 15) is 4.79 Å². The fourth-order valence-electron chi connectivity index (χ4n) is 3.02. The molecule has 0 spiro atoms. The molecule has 7 nitrogen and oxygen atoms in total. The number of para-hydroxylation sites is 2. The van der Waals surface area contributed by atoms with Crippen LogP contribution in [0.2, 0.25) is 0 Å². The Kier molecular flexibility index (Phi) is 5.57. The van der Waals surface area contributed by atoms with Gasteiger partial charge < -0.3 is 9.64 Å². The lowest BCUT2D eigenvalue weighted by molar-refractivity contribution is -0.129. The molecule has 0 radical (unpaired) electrons. The summed E-state index contributed by atoms with van der Waals surface area (Å²) >= 11 is 1.34. The van der Waals surface area contributed by atoms with E-state index in [2.05, 4.69) is 27.7 Å². The number of tetrazole rings is 1. The summed E-state index contributed by atoms with van der Waals surface area (Å²) in [6, 6.07) is 18.0. The van der Waals surface area contributed by atoms with E-state index in [1.54, 1.807) is 11.8 Å². The van der Waals surface area contributed by atoms with Crippen molar-refractivity contribution >= 4 is 17.7 Å². The second-order valence-corrected chi connectivity index (χ2v) is 7.51. The molecule has 1 saturated carbocycles. The maximum Gasteiger partial charge on any atom is 0.233 e. The highest BCUT2D eigenvalue weighted by Gasteiger charge is 2.32. The van der Waals surface area contributed by atoms with E-state index >= 15 is 0 Å². The van der Waals surface area contributed by atoms with E-state index in [1.165, 1.54) is 11.8 Å². The van der Waals surface area contributed by atoms with Crippen molar-refractivity contribution < 1.29 is 9.53 Å². The molecule has 28 heavy (non-hydrogen) atoms. The van der Waals surface area contributed by atoms with Gasteiger partial charge in [-0.3, -0.25) is 4.79 Å². The normalized spacial score (nSPS) is 13.3. The van der Waals surface area contributed by atoms with Crippen molar-refractivity contribution in [3.8, 4) is 11.4 Å². The van der Waals surface area contributed by atoms with E-state index in [0.717, 1.165) is 24.1 Å². The van der Waals surface area contributed by atoms with Crippen LogP contribution in [-0.2, 0) is 11.3 Å². The van der Waals surface area contributed by atoms with Crippen molar-refractivity contribution in [2.24, 2.45) is 0 Å². The average molecular weight is 395 g/mol. The SMILES string of the molecule is COc1ccccc1-n1nnnc1SCC(=O)N(Cc1ccccc1)C1CC1. The molecule has 0 N–H and O–H groups in total. The largest absolute Gasteiger partial charge is 0.494 e. The molecule has 1 heterocycles. The third kappa shape index (κ3) is 4.17. The molecule has 1 fully saturated rings. The monoisotopic (exact) mass is 395 g/mol. The zero-order valence-corrected chi connectivity index (χ0v) is 16.4. The van der Waals surface area contributed by atoms with E-state index in [-0.39, 0.29) is 5.91 Å². The molecule has 8 heteroatoms. The van der Waals surface area contributed by atoms with Crippen molar-refractivity contribution in [1.82, 2.24) is 25.1 Å². The smallest absolute Gasteiger partial charge is 0.233 e. The van der Waals surface area contributed by atoms with Crippen LogP contribution in [-0.4, -0.2) is 49.9 Å². The third-order valence-electron chi connectivity index (χ3n) is 4.58. The van der Waals surface area contributed by atoms with E-state index in [1.807, 2.05) is 47.4 Å². The Labute approximate surface area is 167 Å². The number of benzene rings is 2. The van der Waals surface area contributed by atoms with Crippen LogP contribution in [0.15, 0.2) is 59.8 Å². The van der Waals surface area contributed by atoms with Crippen molar-refractivity contribution in [3.63, 3.8) is 0 Å². The molecular weight excluding hydrogens is 374 g/mol. The molecule has 0 bridgehead atoms. The van der Waals surface area contributed by atoms with Crippen LogP contribution in [0, 0.1) is 0 Å². The van der Waals surface area contributed by atoms with Crippen LogP contribution in [0.1, 0.15) is 18.4 Å². The summed E-state index contributed by atoms with van der Waals surface area (Å²) in [7, 11) is 1.61. The maximum atomic E-state index is 12.9. The van der Waals surface area contributed by atoms with Gasteiger partial charge in [0.2, 0.25) is 11.1 Å². The molecule has 2 aromatic carbocycles. The zero-order valence-electron chi connectivity index (χ0n) is 15.6. The first-order chi connectivity index (χ1) is 13.8. The number of amides is 1. The second-order valence-electron chi connectivity index (χ2n) is 6.57. The van der Waals surface area contributed by atoms with Crippen molar-refractivity contribution in [1.29, 1.82) is 0 Å². The molecule has 1 amide bonds. The Balaban J connectivity index is 1.46. The second kappa shape index (κ2) is 8.43. The van der Waals surface area contributed by atoms with Gasteiger partial charge in [0.25, 0.3) is 0 Å². The third-order valence-corrected chi connectivity index (χ3v) is 5.49. The highest BCUT2D eigenvalue weighted by atomic mass is 32.2. The van der Waals surface area contributed by atoms with Crippen molar-refractivity contribution in [2.45, 2.75) is 30.6 Å². The molecular formula is C20H21N5O2S. The Morgan fingerprint density at radius 3 is 2.68 bits per heavy atom. The predicted molar refractivity (Wildman–Crippen MR) is 106 cm³/mol. The number of rotatable bonds is 8. The topological polar surface area (TPSA) is 73.1 Å². The van der Waals surface area contributed by atoms with Gasteiger partial charge in [-0.15, -0.1) is 5.10 Å². The predicted octanol–water partition coefficient (Wildman–Crippen LogP) is 2.95. The lowest BCUT2D eigenvalue weighted by atomic mass is 10.2. The minimum Gasteiger partial charge on any atom is -0.494 e. The quantitative estimate of drug-likeness (QED) is 0.546. The molecule has 1 aromatic heterocycles. The lowest BCUT2D eigenvalue weighted by Gasteiger charge is -2.22. The van der Waals surface area contributed by atoms with Gasteiger partial charge in [0, 0.05) is 12.6 Å². The Morgan fingerprint density at radius 1 is 1.18 bits per heavy atom. The number of hydrogen-bond acceptors (Lipinski definition) is 6. The highest BCUT2D eigenvalue weighted by molar-refractivity contribution is 7.99. The van der Waals surface area contributed by atoms with Gasteiger partial charge in [-0.25, -0.2) is 0 Å². The standard InChI is InChI=1S/C20H21N5O2S/c1-27-18-10-6-5-9-17(18)25-20(21-22-23-25)28-14-19(26)24(16-11-12-16)13-15-7-3-2-4-8-15/h2-10,16H,11-14H2,1H3. The van der Waals surface area contributed by atoms with Gasteiger partial charge in [0.1, 0.15) is 11.4 Å². The van der Waals surface area contributed by atoms with Crippen LogP contribution in [0.3, 0.4) is 0 Å². The number of thioether (sulfide) groups is 1. The number of hydrogen-bond donors (Lipinski definition) is 0. The first kappa shape index (κ1) is 18.5. The number of carbonyl (C=O) groups is 1. The summed E-state index contributed by atoms with van der Waals surface area (Å²) in [4.78, 5) is 14.9. The number of ether oxygens (including phenoxy) is 1. The Morgan fingerprint density at radius 2 is 1.93 bits per heavy atom. The van der Waals surface area contributed by atoms with Crippen LogP contribution in [0.4, 0.5) is 0 Å². The Hall–Kier alpha value is -2.87. The summed E-state index contributed by atoms with van der Waals surface area (Å²) in [6.45, 7) is 0.641. The summed E-state index contributed by atoms with van der Waals surface area (Å²) in [5.41, 5.74) is 1.89. The molecule has 0 aliphatic heterocycles. The molecule has 0 unspecified atom stereocenters. The number of methoxy groups -OCH3 is 1. The highest BCUT2D eigenvalue weighted by Crippen LogP contribution is 2.30. The number of carbonyl (C=O) groups excluding carboxylic acids is 1. The van der Waals surface area contributed by atoms with Gasteiger partial charge in [-0.1, -0.05) is 54.2 Å². The Bertz CT molecular complexity index is 943. The minimum absolute atomic E-state index is 0.103. The molecule has 3 aromatic rings. The summed E-state index contributed by atoms with van der Waals surface area (Å²) in [6.07, 6.45) is 2.14. The van der Waals surface area contributed by atoms with Crippen LogP contribution in [0.25, 0.3) is 5.69 Å². The zero-order chi connectivity index (χ0) is 19.3. The van der Waals surface area contributed by atoms with E-state index < -0.39 is 0 Å². The number of aromatic nitrogens is 4. The lowest BCUT2D eigenvalue weighted by Crippen LogP contribution is -2.34. The maximum absolute atomic E-state index is 12.9. The first-order valence-electron chi connectivity index (χ1n) is 9.14. The minimum atomic E-state index is 0.103. The van der Waals surface area contributed by atoms with Gasteiger partial charge in [0.15, 0.2) is 0 Å². The van der Waals surface area contributed by atoms with Gasteiger partial charge >= 0.3 is 0 Å². The molecule has 0 saturated heterocycles. The van der Waals surface area contributed by atoms with Crippen molar-refractivity contribution in [2.75, 3.05) is 12.9 Å². The summed E-state index contributed by atoms with van der Waals surface area (Å²) in [5.74, 6) is 1.07. The number of nitrogens with zero attached hydrogens (tertiary/aromatic N) is 5. The van der Waals surface area contributed by atoms with E-state index in [0.29, 0.717) is 29.2 Å². The van der Waals surface area contributed by atoms with Crippen LogP contribution in [0.5, 0.6) is 5.75 Å². The molecule has 1 aliphatic rings. The van der Waals surface area contributed by atoms with Crippen LogP contribution >= 0.6 is 11.8 Å². The molecule has 144 valence electrons. The fourth-order valence-corrected chi connectivity index (χ4v) is 3.79. The molecule has 4 rings (SSSR count). The van der Waals surface area contributed by atoms with E-state index in [4.69, 9.17) is 4.74 Å². The van der Waals surface area contributed by atoms with Gasteiger partial charge in [-0.2, -0.15) is 4.68 Å². The summed E-state index contributed by atoms with van der Waals surface area (Å²) in [5, 5.41) is 12.5. The van der Waals surface area contributed by atoms with Crippen LogP contribution < -0.4 is 4.74 Å². The summed E-state index contributed by atoms with van der Waals surface area (Å²) < 4.78 is 7.00. The van der Waals surface area contributed by atoms with Gasteiger partial charge in [-0.05, 0) is 41.0 Å². The fraction of sp³-hybridized carbons (Fsp3) is 0.300. The molecule has 1 aliphatic carbocycles. The molecule has 0 atom stereocenters. The van der Waals surface area contributed by atoms with Gasteiger partial charge in [0.05, 0.1) is 12.9 Å². The first-order valence-corrected chi connectivity index (χ1v) is 10.1. The van der Waals surface area contributed by atoms with Crippen molar-refractivity contribution in [3.05, 3.63) is 60.2 Å².